The average Bonchev–Trinajstić information content (AvgIpc) is 3.21. The van der Waals surface area contributed by atoms with Crippen molar-refractivity contribution in [2.75, 3.05) is 20.1 Å². The molecule has 0 aliphatic heterocycles. The van der Waals surface area contributed by atoms with Crippen LogP contribution in [0.1, 0.15) is 43.4 Å². The summed E-state index contributed by atoms with van der Waals surface area (Å²) >= 11 is 1.88. The highest BCUT2D eigenvalue weighted by Gasteiger charge is 2.43. The van der Waals surface area contributed by atoms with Gasteiger partial charge < -0.3 is 5.73 Å². The van der Waals surface area contributed by atoms with Crippen LogP contribution < -0.4 is 5.73 Å². The van der Waals surface area contributed by atoms with Gasteiger partial charge in [0.05, 0.1) is 0 Å². The van der Waals surface area contributed by atoms with Gasteiger partial charge in [-0.15, -0.1) is 11.3 Å². The van der Waals surface area contributed by atoms with Crippen LogP contribution in [0.5, 0.6) is 0 Å². The van der Waals surface area contributed by atoms with E-state index in [1.54, 1.807) is 0 Å². The van der Waals surface area contributed by atoms with Crippen molar-refractivity contribution in [2.24, 2.45) is 17.6 Å². The van der Waals surface area contributed by atoms with Crippen molar-refractivity contribution < 1.29 is 0 Å². The molecule has 0 saturated heterocycles. The lowest BCUT2D eigenvalue weighted by atomic mass is 9.73. The van der Waals surface area contributed by atoms with Crippen LogP contribution in [0.2, 0.25) is 0 Å². The minimum Gasteiger partial charge on any atom is -0.329 e. The zero-order valence-corrected chi connectivity index (χ0v) is 13.5. The van der Waals surface area contributed by atoms with E-state index in [9.17, 15) is 0 Å². The number of nitrogens with zero attached hydrogens (tertiary/aromatic N) is 1. The van der Waals surface area contributed by atoms with Gasteiger partial charge in [-0.2, -0.15) is 0 Å². The minimum absolute atomic E-state index is 0.281. The predicted molar refractivity (Wildman–Crippen MR) is 87.1 cm³/mol. The highest BCUT2D eigenvalue weighted by molar-refractivity contribution is 7.09. The first-order valence-corrected chi connectivity index (χ1v) is 9.05. The third-order valence-corrected chi connectivity index (χ3v) is 6.55. The zero-order valence-electron chi connectivity index (χ0n) is 12.7. The highest BCUT2D eigenvalue weighted by Crippen LogP contribution is 2.47. The van der Waals surface area contributed by atoms with Crippen molar-refractivity contribution >= 4 is 11.3 Å². The Hall–Kier alpha value is -0.380. The van der Waals surface area contributed by atoms with Gasteiger partial charge in [-0.25, -0.2) is 0 Å². The summed E-state index contributed by atoms with van der Waals surface area (Å²) in [6.07, 6.45) is 9.59. The standard InChI is InChI=1S/C17H28N2S/c1-19(10-8-16-5-3-11-20-16)17(13-18)9-2-4-15(12-17)14-6-7-14/h3,5,11,14-15H,2,4,6-10,12-13,18H2,1H3. The van der Waals surface area contributed by atoms with Crippen molar-refractivity contribution in [2.45, 2.75) is 50.5 Å². The van der Waals surface area contributed by atoms with Gasteiger partial charge in [0.25, 0.3) is 0 Å². The van der Waals surface area contributed by atoms with Crippen molar-refractivity contribution in [3.63, 3.8) is 0 Å². The molecule has 2 unspecified atom stereocenters. The topological polar surface area (TPSA) is 29.3 Å². The Balaban J connectivity index is 1.61. The van der Waals surface area contributed by atoms with Crippen LogP contribution in [0.3, 0.4) is 0 Å². The summed E-state index contributed by atoms with van der Waals surface area (Å²) < 4.78 is 0. The maximum Gasteiger partial charge on any atom is 0.0331 e. The Morgan fingerprint density at radius 1 is 1.35 bits per heavy atom. The van der Waals surface area contributed by atoms with Gasteiger partial charge in [0, 0.05) is 23.5 Å². The highest BCUT2D eigenvalue weighted by atomic mass is 32.1. The first kappa shape index (κ1) is 14.6. The smallest absolute Gasteiger partial charge is 0.0331 e. The summed E-state index contributed by atoms with van der Waals surface area (Å²) in [5.41, 5.74) is 6.51. The molecule has 2 nitrogen and oxygen atoms in total. The fourth-order valence-electron chi connectivity index (χ4n) is 4.01. The van der Waals surface area contributed by atoms with E-state index < -0.39 is 0 Å². The van der Waals surface area contributed by atoms with Crippen molar-refractivity contribution in [3.8, 4) is 0 Å². The number of thiophene rings is 1. The summed E-state index contributed by atoms with van der Waals surface area (Å²) in [4.78, 5) is 4.08. The predicted octanol–water partition coefficient (Wildman–Crippen LogP) is 3.52. The second-order valence-corrected chi connectivity index (χ2v) is 7.91. The van der Waals surface area contributed by atoms with E-state index in [-0.39, 0.29) is 5.54 Å². The largest absolute Gasteiger partial charge is 0.329 e. The Bertz CT molecular complexity index is 413. The first-order valence-electron chi connectivity index (χ1n) is 8.17. The van der Waals surface area contributed by atoms with Crippen molar-refractivity contribution in [1.82, 2.24) is 4.90 Å². The Morgan fingerprint density at radius 3 is 2.85 bits per heavy atom. The van der Waals surface area contributed by atoms with Gasteiger partial charge in [0.15, 0.2) is 0 Å². The zero-order chi connectivity index (χ0) is 14.0. The summed E-state index contributed by atoms with van der Waals surface area (Å²) in [6, 6.07) is 4.41. The van der Waals surface area contributed by atoms with Crippen molar-refractivity contribution in [3.05, 3.63) is 22.4 Å². The van der Waals surface area contributed by atoms with E-state index in [1.165, 1.54) is 49.8 Å². The number of likely N-dealkylation sites (N-methyl/N-ethyl adjacent to an activating group) is 1. The Kier molecular flexibility index (Phi) is 4.49. The lowest BCUT2D eigenvalue weighted by Crippen LogP contribution is -2.55. The SMILES string of the molecule is CN(CCc1cccs1)C1(CN)CCCC(C2CC2)C1. The first-order chi connectivity index (χ1) is 9.73. The number of rotatable bonds is 6. The molecule has 2 aliphatic rings. The lowest BCUT2D eigenvalue weighted by molar-refractivity contribution is 0.0527. The van der Waals surface area contributed by atoms with Gasteiger partial charge in [-0.3, -0.25) is 4.90 Å². The maximum absolute atomic E-state index is 6.23. The average molecular weight is 292 g/mol. The van der Waals surface area contributed by atoms with Crippen LogP contribution in [0, 0.1) is 11.8 Å². The summed E-state index contributed by atoms with van der Waals surface area (Å²) in [6.45, 7) is 1.98. The number of nitrogens with two attached hydrogens (primary N) is 1. The molecule has 20 heavy (non-hydrogen) atoms. The molecule has 0 aromatic carbocycles. The van der Waals surface area contributed by atoms with Crippen LogP contribution in [0.25, 0.3) is 0 Å². The van der Waals surface area contributed by atoms with Crippen LogP contribution >= 0.6 is 11.3 Å². The molecule has 2 atom stereocenters. The van der Waals surface area contributed by atoms with Gasteiger partial charge in [0.2, 0.25) is 0 Å². The Labute approximate surface area is 127 Å². The van der Waals surface area contributed by atoms with E-state index in [4.69, 9.17) is 5.73 Å². The van der Waals surface area contributed by atoms with Crippen LogP contribution in [0.15, 0.2) is 17.5 Å². The molecule has 2 fully saturated rings. The molecule has 0 radical (unpaired) electrons. The van der Waals surface area contributed by atoms with E-state index in [0.29, 0.717) is 0 Å². The molecular formula is C17H28N2S. The van der Waals surface area contributed by atoms with E-state index >= 15 is 0 Å². The molecule has 2 aliphatic carbocycles. The quantitative estimate of drug-likeness (QED) is 0.869. The molecule has 1 aromatic rings. The summed E-state index contributed by atoms with van der Waals surface area (Å²) in [5.74, 6) is 1.99. The summed E-state index contributed by atoms with van der Waals surface area (Å²) in [5, 5.41) is 2.18. The van der Waals surface area contributed by atoms with E-state index in [1.807, 2.05) is 11.3 Å². The molecule has 2 N–H and O–H groups in total. The van der Waals surface area contributed by atoms with E-state index in [0.717, 1.165) is 24.9 Å². The number of hydrogen-bond acceptors (Lipinski definition) is 3. The van der Waals surface area contributed by atoms with Crippen molar-refractivity contribution in [1.29, 1.82) is 0 Å². The fraction of sp³-hybridized carbons (Fsp3) is 0.765. The number of hydrogen-bond donors (Lipinski definition) is 1. The molecule has 1 aromatic heterocycles. The monoisotopic (exact) mass is 292 g/mol. The molecule has 0 spiro atoms. The van der Waals surface area contributed by atoms with E-state index in [2.05, 4.69) is 29.5 Å². The molecule has 3 rings (SSSR count). The normalized spacial score (nSPS) is 30.9. The van der Waals surface area contributed by atoms with Crippen LogP contribution in [0.4, 0.5) is 0 Å². The fourth-order valence-corrected chi connectivity index (χ4v) is 4.71. The second-order valence-electron chi connectivity index (χ2n) is 6.87. The van der Waals surface area contributed by atoms with Gasteiger partial charge in [0.1, 0.15) is 0 Å². The van der Waals surface area contributed by atoms with Gasteiger partial charge >= 0.3 is 0 Å². The van der Waals surface area contributed by atoms with Crippen LogP contribution in [-0.2, 0) is 6.42 Å². The molecule has 3 heteroatoms. The molecule has 0 bridgehead atoms. The second kappa shape index (κ2) is 6.17. The minimum atomic E-state index is 0.281. The maximum atomic E-state index is 6.23. The van der Waals surface area contributed by atoms with Crippen LogP contribution in [-0.4, -0.2) is 30.6 Å². The third kappa shape index (κ3) is 3.10. The third-order valence-electron chi connectivity index (χ3n) is 5.61. The molecular weight excluding hydrogens is 264 g/mol. The lowest BCUT2D eigenvalue weighted by Gasteiger charge is -2.47. The molecule has 0 amide bonds. The van der Waals surface area contributed by atoms with Gasteiger partial charge in [-0.05, 0) is 62.4 Å². The summed E-state index contributed by atoms with van der Waals surface area (Å²) in [7, 11) is 2.30. The molecule has 112 valence electrons. The van der Waals surface area contributed by atoms with Gasteiger partial charge in [-0.1, -0.05) is 18.9 Å². The molecule has 2 saturated carbocycles. The Morgan fingerprint density at radius 2 is 2.20 bits per heavy atom. The molecule has 1 heterocycles.